The van der Waals surface area contributed by atoms with Gasteiger partial charge in [-0.15, -0.1) is 0 Å². The van der Waals surface area contributed by atoms with Gasteiger partial charge in [-0.1, -0.05) is 31.4 Å². The molecule has 0 radical (unpaired) electrons. The van der Waals surface area contributed by atoms with Gasteiger partial charge in [-0.3, -0.25) is 0 Å². The zero-order valence-electron chi connectivity index (χ0n) is 12.6. The van der Waals surface area contributed by atoms with Crippen LogP contribution in [0, 0.1) is 5.92 Å². The lowest BCUT2D eigenvalue weighted by Crippen LogP contribution is -2.16. The summed E-state index contributed by atoms with van der Waals surface area (Å²) in [5.74, 6) is 1.70. The number of ether oxygens (including phenoxy) is 2. The SMILES string of the molecule is CNCc1ccc(OCCOCC2CCCCC2)cc1. The Hall–Kier alpha value is -1.06. The molecule has 1 aliphatic carbocycles. The molecule has 1 aliphatic rings. The largest absolute Gasteiger partial charge is 0.491 e. The highest BCUT2D eigenvalue weighted by atomic mass is 16.5. The van der Waals surface area contributed by atoms with Crippen LogP contribution in [0.1, 0.15) is 37.7 Å². The molecule has 0 unspecified atom stereocenters. The van der Waals surface area contributed by atoms with E-state index in [-0.39, 0.29) is 0 Å². The van der Waals surface area contributed by atoms with Crippen LogP contribution in [0.25, 0.3) is 0 Å². The normalized spacial score (nSPS) is 16.2. The molecule has 0 atom stereocenters. The Kier molecular flexibility index (Phi) is 6.89. The van der Waals surface area contributed by atoms with Crippen LogP contribution in [0.5, 0.6) is 5.75 Å². The number of nitrogens with one attached hydrogen (secondary N) is 1. The van der Waals surface area contributed by atoms with Gasteiger partial charge >= 0.3 is 0 Å². The van der Waals surface area contributed by atoms with E-state index < -0.39 is 0 Å². The van der Waals surface area contributed by atoms with Crippen LogP contribution in [0.15, 0.2) is 24.3 Å². The van der Waals surface area contributed by atoms with E-state index in [1.165, 1.54) is 37.7 Å². The molecule has 2 rings (SSSR count). The molecule has 3 nitrogen and oxygen atoms in total. The second-order valence-corrected chi connectivity index (χ2v) is 5.60. The number of hydrogen-bond acceptors (Lipinski definition) is 3. The van der Waals surface area contributed by atoms with E-state index in [1.807, 2.05) is 19.2 Å². The summed E-state index contributed by atoms with van der Waals surface area (Å²) in [5.41, 5.74) is 1.27. The third-order valence-electron chi connectivity index (χ3n) is 3.88. The van der Waals surface area contributed by atoms with Gasteiger partial charge in [0.15, 0.2) is 0 Å². The van der Waals surface area contributed by atoms with Crippen molar-refractivity contribution >= 4 is 0 Å². The maximum absolute atomic E-state index is 5.72. The van der Waals surface area contributed by atoms with Gasteiger partial charge in [0.1, 0.15) is 12.4 Å². The molecule has 1 N–H and O–H groups in total. The molecule has 1 fully saturated rings. The van der Waals surface area contributed by atoms with Crippen molar-refractivity contribution in [2.45, 2.75) is 38.6 Å². The number of hydrogen-bond donors (Lipinski definition) is 1. The van der Waals surface area contributed by atoms with E-state index in [2.05, 4.69) is 17.4 Å². The number of rotatable bonds is 8. The Morgan fingerprint density at radius 2 is 1.80 bits per heavy atom. The fourth-order valence-corrected chi connectivity index (χ4v) is 2.73. The zero-order chi connectivity index (χ0) is 14.0. The second-order valence-electron chi connectivity index (χ2n) is 5.60. The quantitative estimate of drug-likeness (QED) is 0.739. The molecule has 0 heterocycles. The predicted molar refractivity (Wildman–Crippen MR) is 82.1 cm³/mol. The lowest BCUT2D eigenvalue weighted by atomic mass is 9.90. The van der Waals surface area contributed by atoms with Gasteiger partial charge in [0.05, 0.1) is 6.61 Å². The van der Waals surface area contributed by atoms with Crippen LogP contribution in [-0.2, 0) is 11.3 Å². The molecule has 0 aliphatic heterocycles. The van der Waals surface area contributed by atoms with Crippen LogP contribution >= 0.6 is 0 Å². The molecule has 0 saturated heterocycles. The fourth-order valence-electron chi connectivity index (χ4n) is 2.73. The Bertz CT molecular complexity index is 358. The van der Waals surface area contributed by atoms with Gasteiger partial charge in [0.2, 0.25) is 0 Å². The highest BCUT2D eigenvalue weighted by Crippen LogP contribution is 2.23. The molecule has 0 bridgehead atoms. The molecule has 0 spiro atoms. The summed E-state index contributed by atoms with van der Waals surface area (Å²) in [4.78, 5) is 0. The monoisotopic (exact) mass is 277 g/mol. The van der Waals surface area contributed by atoms with Crippen LogP contribution in [0.3, 0.4) is 0 Å². The van der Waals surface area contributed by atoms with Crippen LogP contribution < -0.4 is 10.1 Å². The first-order chi connectivity index (χ1) is 9.88. The molecule has 1 saturated carbocycles. The summed E-state index contributed by atoms with van der Waals surface area (Å²) in [6.07, 6.45) is 6.84. The lowest BCUT2D eigenvalue weighted by molar-refractivity contribution is 0.0635. The van der Waals surface area contributed by atoms with Crippen molar-refractivity contribution in [3.8, 4) is 5.75 Å². The van der Waals surface area contributed by atoms with Crippen LogP contribution in [0.2, 0.25) is 0 Å². The lowest BCUT2D eigenvalue weighted by Gasteiger charge is -2.21. The zero-order valence-corrected chi connectivity index (χ0v) is 12.6. The first kappa shape index (κ1) is 15.3. The molecule has 0 amide bonds. The third kappa shape index (κ3) is 5.51. The first-order valence-electron chi connectivity index (χ1n) is 7.82. The Labute approximate surface area is 122 Å². The van der Waals surface area contributed by atoms with E-state index in [0.717, 1.165) is 24.8 Å². The maximum atomic E-state index is 5.72. The van der Waals surface area contributed by atoms with Gasteiger partial charge in [-0.2, -0.15) is 0 Å². The van der Waals surface area contributed by atoms with Gasteiger partial charge in [0.25, 0.3) is 0 Å². The molecule has 20 heavy (non-hydrogen) atoms. The Morgan fingerprint density at radius 1 is 1.05 bits per heavy atom. The highest BCUT2D eigenvalue weighted by molar-refractivity contribution is 5.27. The predicted octanol–water partition coefficient (Wildman–Crippen LogP) is 3.38. The smallest absolute Gasteiger partial charge is 0.119 e. The Balaban J connectivity index is 1.56. The number of benzene rings is 1. The molecule has 112 valence electrons. The van der Waals surface area contributed by atoms with Crippen LogP contribution in [0.4, 0.5) is 0 Å². The first-order valence-corrected chi connectivity index (χ1v) is 7.82. The summed E-state index contributed by atoms with van der Waals surface area (Å²) in [5, 5.41) is 3.13. The van der Waals surface area contributed by atoms with E-state index in [1.54, 1.807) is 0 Å². The molecule has 1 aromatic rings. The highest BCUT2D eigenvalue weighted by Gasteiger charge is 2.12. The van der Waals surface area contributed by atoms with Crippen LogP contribution in [-0.4, -0.2) is 26.9 Å². The average Bonchev–Trinajstić information content (AvgIpc) is 2.50. The summed E-state index contributed by atoms with van der Waals surface area (Å²) in [7, 11) is 1.95. The molecular weight excluding hydrogens is 250 g/mol. The van der Waals surface area contributed by atoms with Gasteiger partial charge in [-0.05, 0) is 43.5 Å². The third-order valence-corrected chi connectivity index (χ3v) is 3.88. The van der Waals surface area contributed by atoms with Gasteiger partial charge in [0, 0.05) is 13.2 Å². The minimum absolute atomic E-state index is 0.637. The van der Waals surface area contributed by atoms with E-state index in [9.17, 15) is 0 Å². The topological polar surface area (TPSA) is 30.5 Å². The summed E-state index contributed by atoms with van der Waals surface area (Å²) < 4.78 is 11.4. The van der Waals surface area contributed by atoms with Crippen molar-refractivity contribution in [2.24, 2.45) is 5.92 Å². The van der Waals surface area contributed by atoms with Crippen molar-refractivity contribution < 1.29 is 9.47 Å². The fraction of sp³-hybridized carbons (Fsp3) is 0.647. The Morgan fingerprint density at radius 3 is 2.50 bits per heavy atom. The maximum Gasteiger partial charge on any atom is 0.119 e. The molecular formula is C17H27NO2. The van der Waals surface area contributed by atoms with E-state index >= 15 is 0 Å². The van der Waals surface area contributed by atoms with Gasteiger partial charge in [-0.25, -0.2) is 0 Å². The summed E-state index contributed by atoms with van der Waals surface area (Å²) in [6, 6.07) is 8.23. The molecule has 3 heteroatoms. The minimum Gasteiger partial charge on any atom is -0.491 e. The summed E-state index contributed by atoms with van der Waals surface area (Å²) >= 11 is 0. The van der Waals surface area contributed by atoms with E-state index in [0.29, 0.717) is 13.2 Å². The van der Waals surface area contributed by atoms with Crippen molar-refractivity contribution in [1.82, 2.24) is 5.32 Å². The van der Waals surface area contributed by atoms with Crippen molar-refractivity contribution in [1.29, 1.82) is 0 Å². The van der Waals surface area contributed by atoms with Crippen molar-refractivity contribution in [3.63, 3.8) is 0 Å². The second kappa shape index (κ2) is 8.98. The summed E-state index contributed by atoms with van der Waals surface area (Å²) in [6.45, 7) is 3.13. The van der Waals surface area contributed by atoms with Crippen molar-refractivity contribution in [3.05, 3.63) is 29.8 Å². The van der Waals surface area contributed by atoms with Crippen molar-refractivity contribution in [2.75, 3.05) is 26.9 Å². The molecule has 1 aromatic carbocycles. The van der Waals surface area contributed by atoms with E-state index in [4.69, 9.17) is 9.47 Å². The molecule has 0 aromatic heterocycles. The minimum atomic E-state index is 0.637. The standard InChI is InChI=1S/C17H27NO2/c1-18-13-15-7-9-17(10-8-15)20-12-11-19-14-16-5-3-2-4-6-16/h7-10,16,18H,2-6,11-14H2,1H3. The average molecular weight is 277 g/mol. The van der Waals surface area contributed by atoms with Gasteiger partial charge < -0.3 is 14.8 Å².